The van der Waals surface area contributed by atoms with E-state index in [9.17, 15) is 19.5 Å². The number of likely N-dealkylation sites (N-methyl/N-ethyl adjacent to an activating group) is 1. The van der Waals surface area contributed by atoms with E-state index in [1.165, 1.54) is 238 Å². The zero-order valence-corrected chi connectivity index (χ0v) is 62.8. The van der Waals surface area contributed by atoms with E-state index in [0.29, 0.717) is 23.9 Å². The summed E-state index contributed by atoms with van der Waals surface area (Å²) in [5, 5.41) is 11.9. The van der Waals surface area contributed by atoms with E-state index >= 15 is 0 Å². The lowest BCUT2D eigenvalue weighted by atomic mass is 10.0. The molecule has 0 aromatic heterocycles. The van der Waals surface area contributed by atoms with Crippen LogP contribution in [0.25, 0.3) is 0 Å². The third-order valence-electron chi connectivity index (χ3n) is 17.5. The maximum atomic E-state index is 13.0. The van der Waals surface area contributed by atoms with Gasteiger partial charge >= 0.3 is 11.9 Å². The highest BCUT2D eigenvalue weighted by Crippen LogP contribution is 2.19. The first kappa shape index (κ1) is 91.0. The number of carbonyl (C=O) groups is 3. The van der Waals surface area contributed by atoms with Crippen molar-refractivity contribution in [1.29, 1.82) is 0 Å². The van der Waals surface area contributed by atoms with Crippen LogP contribution in [0.5, 0.6) is 0 Å². The quantitative estimate of drug-likeness (QED) is 0.0195. The Morgan fingerprint density at radius 2 is 0.600 bits per heavy atom. The fourth-order valence-electron chi connectivity index (χ4n) is 11.4. The van der Waals surface area contributed by atoms with E-state index in [0.717, 1.165) is 89.9 Å². The highest BCUT2D eigenvalue weighted by molar-refractivity contribution is 5.70. The van der Waals surface area contributed by atoms with E-state index in [2.05, 4.69) is 123 Å². The number of esters is 2. The second kappa shape index (κ2) is 75.7. The third kappa shape index (κ3) is 77.2. The van der Waals surface area contributed by atoms with E-state index in [4.69, 9.17) is 18.9 Å². The summed E-state index contributed by atoms with van der Waals surface area (Å²) >= 11 is 0. The van der Waals surface area contributed by atoms with Gasteiger partial charge in [0, 0.05) is 12.8 Å². The molecule has 0 aromatic rings. The van der Waals surface area contributed by atoms with Gasteiger partial charge in [-0.05, 0) is 103 Å². The Morgan fingerprint density at radius 3 is 0.905 bits per heavy atom. The maximum Gasteiger partial charge on any atom is 0.306 e. The van der Waals surface area contributed by atoms with Crippen LogP contribution in [0.2, 0.25) is 0 Å². The first-order chi connectivity index (χ1) is 46.6. The fraction of sp³-hybridized carbons (Fsp3) is 0.756. The van der Waals surface area contributed by atoms with Crippen molar-refractivity contribution in [3.63, 3.8) is 0 Å². The lowest BCUT2D eigenvalue weighted by Crippen LogP contribution is -2.44. The van der Waals surface area contributed by atoms with Crippen molar-refractivity contribution in [3.8, 4) is 0 Å². The lowest BCUT2D eigenvalue weighted by molar-refractivity contribution is -0.870. The van der Waals surface area contributed by atoms with Crippen molar-refractivity contribution in [2.24, 2.45) is 0 Å². The number of nitrogens with zero attached hydrogens (tertiary/aromatic N) is 1. The Labute approximate surface area is 587 Å². The van der Waals surface area contributed by atoms with Crippen LogP contribution in [0, 0.1) is 0 Å². The number of carboxylic acids is 1. The number of quaternary nitrogens is 1. The number of carbonyl (C=O) groups excluding carboxylic acids is 3. The third-order valence-corrected chi connectivity index (χ3v) is 17.5. The standard InChI is InChI=1S/C86H151NO8/c1-6-8-10-12-14-16-18-20-22-24-26-28-30-32-34-36-38-40-41-42-43-45-47-49-51-53-55-57-59-61-63-65-67-69-71-73-75-77-84(89)95-82(81-94-86(85(90)91)92-79-78-87(3,4)5)80-93-83(88)76-74-72-70-68-66-64-62-60-58-56-54-52-50-48-46-44-39-37-35-33-31-29-27-25-23-21-19-17-15-13-11-9-7-2/h8,10,14,16,20,22,25-28,32,34,38,40,42-43,47,49,82,86H,6-7,9,11-13,15,17-19,21,23-24,29-31,33,35-37,39,41,44-46,48,50-81H2,1-5H3/b10-8-,16-14-,22-20-,27-25-,28-26-,34-32-,40-38-,43-42-,49-47-. The van der Waals surface area contributed by atoms with Crippen LogP contribution in [0.4, 0.5) is 0 Å². The molecule has 95 heavy (non-hydrogen) atoms. The second-order valence-corrected chi connectivity index (χ2v) is 28.0. The Balaban J connectivity index is 4.05. The zero-order valence-electron chi connectivity index (χ0n) is 62.8. The van der Waals surface area contributed by atoms with Gasteiger partial charge in [-0.2, -0.15) is 0 Å². The molecule has 2 unspecified atom stereocenters. The number of rotatable bonds is 74. The van der Waals surface area contributed by atoms with Crippen LogP contribution in [0.1, 0.15) is 361 Å². The first-order valence-electron chi connectivity index (χ1n) is 40.0. The number of hydrogen-bond donors (Lipinski definition) is 0. The Hall–Kier alpha value is -4.05. The fourth-order valence-corrected chi connectivity index (χ4v) is 11.4. The summed E-state index contributed by atoms with van der Waals surface area (Å²) in [5.74, 6) is -2.27. The molecule has 0 aromatic carbocycles. The first-order valence-corrected chi connectivity index (χ1v) is 40.0. The van der Waals surface area contributed by atoms with Gasteiger partial charge in [-0.1, -0.05) is 354 Å². The monoisotopic (exact) mass is 1330 g/mol. The number of ether oxygens (including phenoxy) is 4. The smallest absolute Gasteiger partial charge is 0.306 e. The van der Waals surface area contributed by atoms with Gasteiger partial charge in [-0.15, -0.1) is 0 Å². The maximum absolute atomic E-state index is 13.0. The minimum absolute atomic E-state index is 0.145. The zero-order chi connectivity index (χ0) is 69.0. The summed E-state index contributed by atoms with van der Waals surface area (Å²) in [4.78, 5) is 37.6. The molecule has 0 heterocycles. The van der Waals surface area contributed by atoms with Crippen LogP contribution < -0.4 is 5.11 Å². The molecule has 0 saturated heterocycles. The summed E-state index contributed by atoms with van der Waals surface area (Å²) in [6.45, 7) is 4.67. The molecule has 0 N–H and O–H groups in total. The molecule has 2 atom stereocenters. The molecular weight excluding hydrogens is 1170 g/mol. The predicted octanol–water partition coefficient (Wildman–Crippen LogP) is 24.4. The van der Waals surface area contributed by atoms with Gasteiger partial charge in [0.25, 0.3) is 0 Å². The molecule has 0 amide bonds. The predicted molar refractivity (Wildman–Crippen MR) is 407 cm³/mol. The molecule has 548 valence electrons. The molecule has 0 aliphatic rings. The van der Waals surface area contributed by atoms with Crippen molar-refractivity contribution < 1.29 is 42.9 Å². The molecule has 0 radical (unpaired) electrons. The topological polar surface area (TPSA) is 111 Å². The highest BCUT2D eigenvalue weighted by Gasteiger charge is 2.22. The summed E-state index contributed by atoms with van der Waals surface area (Å²) in [6, 6.07) is 0. The molecule has 0 aliphatic heterocycles. The van der Waals surface area contributed by atoms with Crippen LogP contribution in [-0.2, 0) is 33.3 Å². The van der Waals surface area contributed by atoms with Crippen molar-refractivity contribution in [1.82, 2.24) is 0 Å². The van der Waals surface area contributed by atoms with Gasteiger partial charge in [-0.3, -0.25) is 9.59 Å². The highest BCUT2D eigenvalue weighted by atomic mass is 16.7. The molecule has 0 fully saturated rings. The van der Waals surface area contributed by atoms with Gasteiger partial charge in [-0.25, -0.2) is 0 Å². The van der Waals surface area contributed by atoms with Crippen LogP contribution in [0.3, 0.4) is 0 Å². The van der Waals surface area contributed by atoms with E-state index in [1.54, 1.807) is 0 Å². The molecule has 0 bridgehead atoms. The minimum atomic E-state index is -1.63. The van der Waals surface area contributed by atoms with Crippen LogP contribution >= 0.6 is 0 Å². The largest absolute Gasteiger partial charge is 0.545 e. The van der Waals surface area contributed by atoms with Gasteiger partial charge in [0.15, 0.2) is 12.4 Å². The average Bonchev–Trinajstić information content (AvgIpc) is 3.75. The van der Waals surface area contributed by atoms with Crippen molar-refractivity contribution in [2.75, 3.05) is 47.5 Å². The summed E-state index contributed by atoms with van der Waals surface area (Å²) in [6.07, 6.45) is 103. The molecule has 9 nitrogen and oxygen atoms in total. The second-order valence-electron chi connectivity index (χ2n) is 28.0. The normalized spacial score (nSPS) is 13.2. The number of unbranched alkanes of at least 4 members (excludes halogenated alkanes) is 41. The Morgan fingerprint density at radius 1 is 0.326 bits per heavy atom. The summed E-state index contributed by atoms with van der Waals surface area (Å²) < 4.78 is 22.9. The van der Waals surface area contributed by atoms with Gasteiger partial charge in [0.1, 0.15) is 13.2 Å². The van der Waals surface area contributed by atoms with Gasteiger partial charge in [0.2, 0.25) is 0 Å². The van der Waals surface area contributed by atoms with E-state index < -0.39 is 24.3 Å². The van der Waals surface area contributed by atoms with Crippen molar-refractivity contribution in [3.05, 3.63) is 109 Å². The molecular formula is C86H151NO8. The summed E-state index contributed by atoms with van der Waals surface area (Å²) in [5.41, 5.74) is 0. The van der Waals surface area contributed by atoms with Gasteiger partial charge < -0.3 is 33.3 Å². The van der Waals surface area contributed by atoms with Gasteiger partial charge in [0.05, 0.1) is 40.3 Å². The SMILES string of the molecule is CC/C=C\C/C=C\C/C=C\C/C=C\C/C=C\C/C=C\C/C=C\C/C=C\CCCCCCCCCCCCCCC(=O)OC(COC(=O)CCCCCCCCCCCCCCCCCCCCCCC/C=C\CCCCCCCCCC)COC(OCC[N+](C)(C)C)C(=O)[O-]. The number of hydrogen-bond acceptors (Lipinski definition) is 8. The van der Waals surface area contributed by atoms with Crippen LogP contribution in [-0.4, -0.2) is 82.3 Å². The molecule has 0 saturated carbocycles. The van der Waals surface area contributed by atoms with Crippen molar-refractivity contribution >= 4 is 17.9 Å². The Bertz CT molecular complexity index is 1930. The number of aliphatic carboxylic acids is 1. The summed E-state index contributed by atoms with van der Waals surface area (Å²) in [7, 11) is 5.94. The molecule has 0 spiro atoms. The number of allylic oxidation sites excluding steroid dienone is 18. The van der Waals surface area contributed by atoms with E-state index in [1.807, 2.05) is 21.1 Å². The average molecular weight is 1330 g/mol. The molecule has 9 heteroatoms. The minimum Gasteiger partial charge on any atom is -0.545 e. The number of carboxylic acid groups (broad SMARTS) is 1. The van der Waals surface area contributed by atoms with E-state index in [-0.39, 0.29) is 32.2 Å². The molecule has 0 aliphatic carbocycles. The Kier molecular flexibility index (Phi) is 72.5. The van der Waals surface area contributed by atoms with Crippen LogP contribution in [0.15, 0.2) is 109 Å². The molecule has 0 rings (SSSR count). The lowest BCUT2D eigenvalue weighted by Gasteiger charge is -2.26. The van der Waals surface area contributed by atoms with Crippen molar-refractivity contribution in [2.45, 2.75) is 373 Å².